The van der Waals surface area contributed by atoms with Gasteiger partial charge < -0.3 is 4.90 Å². The molecule has 0 spiro atoms. The number of rotatable bonds is 5. The summed E-state index contributed by atoms with van der Waals surface area (Å²) in [6, 6.07) is 13.9. The largest absolute Gasteiger partial charge is 0.336 e. The summed E-state index contributed by atoms with van der Waals surface area (Å²) in [5.74, 6) is 0.747. The van der Waals surface area contributed by atoms with E-state index < -0.39 is 0 Å². The van der Waals surface area contributed by atoms with Gasteiger partial charge in [0.15, 0.2) is 0 Å². The van der Waals surface area contributed by atoms with Crippen LogP contribution in [0.25, 0.3) is 17.0 Å². The molecule has 0 aliphatic heterocycles. The van der Waals surface area contributed by atoms with Crippen LogP contribution in [0.15, 0.2) is 85.2 Å². The standard InChI is InChI=1S/C20H21N3/c1-5-14-23(4)20(6-2)22-16(3)17-10-9-11-18(15-17)19-12-7-8-13-21-19/h5-15H,2-3H2,1,4H3/b14-5-,22-20-. The fraction of sp³-hybridized carbons (Fsp3) is 0.100. The number of allylic oxidation sites excluding steroid dienone is 1. The van der Waals surface area contributed by atoms with Crippen molar-refractivity contribution in [2.45, 2.75) is 6.92 Å². The maximum Gasteiger partial charge on any atom is 0.132 e. The van der Waals surface area contributed by atoms with E-state index in [1.54, 1.807) is 12.3 Å². The van der Waals surface area contributed by atoms with Gasteiger partial charge in [-0.15, -0.1) is 0 Å². The summed E-state index contributed by atoms with van der Waals surface area (Å²) in [4.78, 5) is 10.9. The lowest BCUT2D eigenvalue weighted by Crippen LogP contribution is -2.18. The van der Waals surface area contributed by atoms with Crippen molar-refractivity contribution in [3.05, 3.63) is 85.7 Å². The van der Waals surface area contributed by atoms with Crippen molar-refractivity contribution in [3.63, 3.8) is 0 Å². The number of nitrogens with zero attached hydrogens (tertiary/aromatic N) is 3. The molecule has 0 N–H and O–H groups in total. The van der Waals surface area contributed by atoms with Gasteiger partial charge in [-0.3, -0.25) is 4.98 Å². The Labute approximate surface area is 138 Å². The number of hydrogen-bond acceptors (Lipinski definition) is 2. The van der Waals surface area contributed by atoms with Crippen molar-refractivity contribution in [1.82, 2.24) is 9.88 Å². The van der Waals surface area contributed by atoms with E-state index in [2.05, 4.69) is 23.1 Å². The Morgan fingerprint density at radius 3 is 2.70 bits per heavy atom. The molecule has 1 aromatic carbocycles. The SMILES string of the molecule is C=C/C(=N/C(=C)c1cccc(-c2ccccn2)c1)N(C)/C=C\C. The highest BCUT2D eigenvalue weighted by Crippen LogP contribution is 2.22. The number of hydrogen-bond donors (Lipinski definition) is 0. The van der Waals surface area contributed by atoms with Gasteiger partial charge in [0.2, 0.25) is 0 Å². The molecule has 1 heterocycles. The molecule has 0 aliphatic rings. The van der Waals surface area contributed by atoms with Gasteiger partial charge in [-0.1, -0.05) is 43.5 Å². The third-order valence-electron chi connectivity index (χ3n) is 3.32. The molecule has 2 rings (SSSR count). The highest BCUT2D eigenvalue weighted by molar-refractivity contribution is 5.96. The Morgan fingerprint density at radius 2 is 2.04 bits per heavy atom. The van der Waals surface area contributed by atoms with E-state index in [-0.39, 0.29) is 0 Å². The molecule has 0 aliphatic carbocycles. The number of benzene rings is 1. The first-order valence-corrected chi connectivity index (χ1v) is 7.43. The van der Waals surface area contributed by atoms with Crippen LogP contribution in [0.5, 0.6) is 0 Å². The Kier molecular flexibility index (Phi) is 5.64. The molecular weight excluding hydrogens is 282 g/mol. The van der Waals surface area contributed by atoms with E-state index in [0.29, 0.717) is 5.70 Å². The molecule has 0 radical (unpaired) electrons. The van der Waals surface area contributed by atoms with E-state index in [0.717, 1.165) is 22.7 Å². The molecule has 23 heavy (non-hydrogen) atoms. The molecule has 3 heteroatoms. The van der Waals surface area contributed by atoms with Gasteiger partial charge in [0.25, 0.3) is 0 Å². The predicted molar refractivity (Wildman–Crippen MR) is 98.9 cm³/mol. The summed E-state index contributed by atoms with van der Waals surface area (Å²) in [7, 11) is 1.93. The van der Waals surface area contributed by atoms with Crippen LogP contribution in [-0.4, -0.2) is 22.8 Å². The molecular formula is C20H21N3. The molecule has 0 atom stereocenters. The minimum Gasteiger partial charge on any atom is -0.336 e. The Balaban J connectivity index is 2.31. The molecule has 3 nitrogen and oxygen atoms in total. The molecule has 116 valence electrons. The first-order valence-electron chi connectivity index (χ1n) is 7.43. The van der Waals surface area contributed by atoms with Crippen LogP contribution in [0.1, 0.15) is 12.5 Å². The van der Waals surface area contributed by atoms with Gasteiger partial charge in [-0.05, 0) is 31.2 Å². The van der Waals surface area contributed by atoms with E-state index in [4.69, 9.17) is 0 Å². The van der Waals surface area contributed by atoms with Crippen LogP contribution in [-0.2, 0) is 0 Å². The van der Waals surface area contributed by atoms with E-state index >= 15 is 0 Å². The Bertz CT molecular complexity index is 742. The molecule has 0 amide bonds. The topological polar surface area (TPSA) is 28.5 Å². The second-order valence-electron chi connectivity index (χ2n) is 5.01. The van der Waals surface area contributed by atoms with Crippen molar-refractivity contribution >= 4 is 11.5 Å². The van der Waals surface area contributed by atoms with Crippen molar-refractivity contribution in [3.8, 4) is 11.3 Å². The fourth-order valence-corrected chi connectivity index (χ4v) is 2.16. The zero-order valence-electron chi connectivity index (χ0n) is 13.6. The van der Waals surface area contributed by atoms with Crippen LogP contribution in [0.4, 0.5) is 0 Å². The molecule has 0 saturated heterocycles. The van der Waals surface area contributed by atoms with Crippen molar-refractivity contribution in [2.75, 3.05) is 7.05 Å². The first kappa shape index (κ1) is 16.4. The minimum absolute atomic E-state index is 0.689. The van der Waals surface area contributed by atoms with Crippen LogP contribution in [0.3, 0.4) is 0 Å². The van der Waals surface area contributed by atoms with Crippen LogP contribution in [0.2, 0.25) is 0 Å². The summed E-state index contributed by atoms with van der Waals surface area (Å²) < 4.78 is 0. The smallest absolute Gasteiger partial charge is 0.132 e. The highest BCUT2D eigenvalue weighted by Gasteiger charge is 2.05. The Hall–Kier alpha value is -2.94. The number of likely N-dealkylation sites (N-methyl/N-ethyl adjacent to an activating group) is 1. The van der Waals surface area contributed by atoms with Crippen LogP contribution >= 0.6 is 0 Å². The maximum atomic E-state index is 4.58. The van der Waals surface area contributed by atoms with Crippen molar-refractivity contribution < 1.29 is 0 Å². The fourth-order valence-electron chi connectivity index (χ4n) is 2.16. The van der Waals surface area contributed by atoms with E-state index in [1.807, 2.05) is 73.6 Å². The lowest BCUT2D eigenvalue weighted by molar-refractivity contribution is 0.691. The normalized spacial score (nSPS) is 11.5. The van der Waals surface area contributed by atoms with Crippen molar-refractivity contribution in [2.24, 2.45) is 4.99 Å². The third kappa shape index (κ3) is 4.27. The first-order chi connectivity index (χ1) is 11.2. The number of amidine groups is 1. The average Bonchev–Trinajstić information content (AvgIpc) is 2.60. The summed E-state index contributed by atoms with van der Waals surface area (Å²) in [6.07, 6.45) is 7.38. The third-order valence-corrected chi connectivity index (χ3v) is 3.32. The Morgan fingerprint density at radius 1 is 1.22 bits per heavy atom. The maximum absolute atomic E-state index is 4.58. The summed E-state index contributed by atoms with van der Waals surface area (Å²) >= 11 is 0. The zero-order chi connectivity index (χ0) is 16.7. The molecule has 2 aromatic rings. The lowest BCUT2D eigenvalue weighted by Gasteiger charge is -2.14. The molecule has 0 unspecified atom stereocenters. The van der Waals surface area contributed by atoms with Gasteiger partial charge in [0.05, 0.1) is 11.4 Å². The van der Waals surface area contributed by atoms with Gasteiger partial charge in [0, 0.05) is 30.6 Å². The lowest BCUT2D eigenvalue weighted by atomic mass is 10.1. The second kappa shape index (κ2) is 7.90. The summed E-state index contributed by atoms with van der Waals surface area (Å²) in [5.41, 5.74) is 3.62. The molecule has 1 aromatic heterocycles. The number of aliphatic imine (C=N–C) groups is 1. The highest BCUT2D eigenvalue weighted by atomic mass is 15.1. The second-order valence-corrected chi connectivity index (χ2v) is 5.01. The van der Waals surface area contributed by atoms with Crippen molar-refractivity contribution in [1.29, 1.82) is 0 Å². The van der Waals surface area contributed by atoms with E-state index in [1.165, 1.54) is 0 Å². The molecule has 0 fully saturated rings. The molecule has 0 saturated carbocycles. The monoisotopic (exact) mass is 303 g/mol. The van der Waals surface area contributed by atoms with Gasteiger partial charge in [-0.2, -0.15) is 0 Å². The van der Waals surface area contributed by atoms with Gasteiger partial charge >= 0.3 is 0 Å². The quantitative estimate of drug-likeness (QED) is 0.588. The van der Waals surface area contributed by atoms with E-state index in [9.17, 15) is 0 Å². The number of pyridine rings is 1. The summed E-state index contributed by atoms with van der Waals surface area (Å²) in [6.45, 7) is 9.86. The average molecular weight is 303 g/mol. The minimum atomic E-state index is 0.689. The zero-order valence-corrected chi connectivity index (χ0v) is 13.6. The van der Waals surface area contributed by atoms with Gasteiger partial charge in [0.1, 0.15) is 5.84 Å². The molecule has 0 bridgehead atoms. The van der Waals surface area contributed by atoms with Crippen LogP contribution in [0, 0.1) is 0 Å². The predicted octanol–water partition coefficient (Wildman–Crippen LogP) is 4.77. The number of aromatic nitrogens is 1. The van der Waals surface area contributed by atoms with Crippen LogP contribution < -0.4 is 0 Å². The summed E-state index contributed by atoms with van der Waals surface area (Å²) in [5, 5.41) is 0. The van der Waals surface area contributed by atoms with Gasteiger partial charge in [-0.25, -0.2) is 4.99 Å².